The van der Waals surface area contributed by atoms with Gasteiger partial charge in [-0.3, -0.25) is 9.69 Å². The van der Waals surface area contributed by atoms with Gasteiger partial charge in [0.05, 0.1) is 19.7 Å². The third-order valence-corrected chi connectivity index (χ3v) is 5.82. The number of hydrogen-bond donors (Lipinski definition) is 1. The van der Waals surface area contributed by atoms with Crippen LogP contribution in [-0.4, -0.2) is 50.4 Å². The molecule has 2 aromatic carbocycles. The van der Waals surface area contributed by atoms with E-state index < -0.39 is 0 Å². The standard InChI is InChI=1S/C25H30N6O2/c1-18-13-19(2)22-15-21(25(32)26-23(22)14-18)16-30(10-9-20-7-5-4-6-8-20)17-24-27-28-29-31(24)11-12-33-3/h4-8,13-15H,9-12,16-17H2,1-3H3,(H,26,32). The summed E-state index contributed by atoms with van der Waals surface area (Å²) in [5.41, 5.74) is 5.09. The summed E-state index contributed by atoms with van der Waals surface area (Å²) in [5, 5.41) is 13.2. The van der Waals surface area contributed by atoms with Crippen molar-refractivity contribution in [2.45, 2.75) is 39.9 Å². The summed E-state index contributed by atoms with van der Waals surface area (Å²) in [4.78, 5) is 18.2. The summed E-state index contributed by atoms with van der Waals surface area (Å²) in [5.74, 6) is 0.754. The molecule has 8 heteroatoms. The van der Waals surface area contributed by atoms with Crippen LogP contribution in [0.5, 0.6) is 0 Å². The Kier molecular flexibility index (Phi) is 7.26. The van der Waals surface area contributed by atoms with Crippen molar-refractivity contribution in [3.05, 3.63) is 87.0 Å². The topological polar surface area (TPSA) is 88.9 Å². The number of hydrogen-bond acceptors (Lipinski definition) is 6. The second kappa shape index (κ2) is 10.5. The lowest BCUT2D eigenvalue weighted by Crippen LogP contribution is -2.30. The zero-order chi connectivity index (χ0) is 23.2. The first-order chi connectivity index (χ1) is 16.0. The van der Waals surface area contributed by atoms with Gasteiger partial charge in [0.25, 0.3) is 5.56 Å². The van der Waals surface area contributed by atoms with Crippen molar-refractivity contribution in [3.8, 4) is 0 Å². The zero-order valence-corrected chi connectivity index (χ0v) is 19.4. The maximum Gasteiger partial charge on any atom is 0.252 e. The highest BCUT2D eigenvalue weighted by molar-refractivity contribution is 5.83. The molecule has 0 amide bonds. The number of nitrogens with zero attached hydrogens (tertiary/aromatic N) is 5. The van der Waals surface area contributed by atoms with Gasteiger partial charge in [0, 0.05) is 36.7 Å². The minimum absolute atomic E-state index is 0.0591. The van der Waals surface area contributed by atoms with E-state index in [1.807, 2.05) is 37.3 Å². The van der Waals surface area contributed by atoms with E-state index in [4.69, 9.17) is 4.74 Å². The van der Waals surface area contributed by atoms with Crippen molar-refractivity contribution in [3.63, 3.8) is 0 Å². The van der Waals surface area contributed by atoms with Gasteiger partial charge in [0.15, 0.2) is 5.82 Å². The molecule has 0 bridgehead atoms. The van der Waals surface area contributed by atoms with Gasteiger partial charge in [-0.1, -0.05) is 36.4 Å². The lowest BCUT2D eigenvalue weighted by atomic mass is 10.0. The van der Waals surface area contributed by atoms with Crippen LogP contribution in [0.3, 0.4) is 0 Å². The van der Waals surface area contributed by atoms with E-state index in [0.717, 1.165) is 46.4 Å². The Labute approximate surface area is 193 Å². The molecular weight excluding hydrogens is 416 g/mol. The molecule has 33 heavy (non-hydrogen) atoms. The fourth-order valence-electron chi connectivity index (χ4n) is 4.11. The highest BCUT2D eigenvalue weighted by atomic mass is 16.5. The molecular formula is C25H30N6O2. The molecule has 8 nitrogen and oxygen atoms in total. The molecule has 4 aromatic rings. The highest BCUT2D eigenvalue weighted by Gasteiger charge is 2.16. The first kappa shape index (κ1) is 22.8. The molecule has 0 spiro atoms. The molecule has 0 aliphatic carbocycles. The Bertz CT molecular complexity index is 1270. The van der Waals surface area contributed by atoms with Gasteiger partial charge in [0.1, 0.15) is 0 Å². The second-order valence-corrected chi connectivity index (χ2v) is 8.42. The Hall–Kier alpha value is -3.36. The van der Waals surface area contributed by atoms with Crippen LogP contribution in [0.4, 0.5) is 0 Å². The summed E-state index contributed by atoms with van der Waals surface area (Å²) >= 11 is 0. The van der Waals surface area contributed by atoms with E-state index in [-0.39, 0.29) is 5.56 Å². The number of aromatic amines is 1. The van der Waals surface area contributed by atoms with E-state index in [1.54, 1.807) is 11.8 Å². The van der Waals surface area contributed by atoms with Crippen molar-refractivity contribution in [2.75, 3.05) is 20.3 Å². The van der Waals surface area contributed by atoms with E-state index in [1.165, 1.54) is 5.56 Å². The number of ether oxygens (including phenoxy) is 1. The first-order valence-corrected chi connectivity index (χ1v) is 11.2. The highest BCUT2D eigenvalue weighted by Crippen LogP contribution is 2.19. The van der Waals surface area contributed by atoms with Crippen LogP contribution in [0.25, 0.3) is 10.9 Å². The quantitative estimate of drug-likeness (QED) is 0.403. The number of aryl methyl sites for hydroxylation is 2. The largest absolute Gasteiger partial charge is 0.383 e. The zero-order valence-electron chi connectivity index (χ0n) is 19.4. The lowest BCUT2D eigenvalue weighted by molar-refractivity contribution is 0.178. The minimum atomic E-state index is -0.0591. The van der Waals surface area contributed by atoms with Crippen LogP contribution in [0.15, 0.2) is 53.3 Å². The van der Waals surface area contributed by atoms with E-state index in [9.17, 15) is 4.79 Å². The average Bonchev–Trinajstić information content (AvgIpc) is 3.24. The second-order valence-electron chi connectivity index (χ2n) is 8.42. The number of methoxy groups -OCH3 is 1. The van der Waals surface area contributed by atoms with Gasteiger partial charge in [-0.15, -0.1) is 5.10 Å². The molecule has 4 rings (SSSR count). The fourth-order valence-corrected chi connectivity index (χ4v) is 4.11. The first-order valence-electron chi connectivity index (χ1n) is 11.2. The van der Waals surface area contributed by atoms with E-state index in [2.05, 4.69) is 50.5 Å². The summed E-state index contributed by atoms with van der Waals surface area (Å²) in [6.45, 7) is 7.04. The molecule has 0 atom stereocenters. The molecule has 0 fully saturated rings. The van der Waals surface area contributed by atoms with Crippen molar-refractivity contribution in [2.24, 2.45) is 0 Å². The van der Waals surface area contributed by atoms with Crippen LogP contribution >= 0.6 is 0 Å². The van der Waals surface area contributed by atoms with Crippen LogP contribution in [0, 0.1) is 13.8 Å². The molecule has 0 aliphatic heterocycles. The Morgan fingerprint density at radius 3 is 2.70 bits per heavy atom. The SMILES string of the molecule is COCCn1nnnc1CN(CCc1ccccc1)Cc1cc2c(C)cc(C)cc2[nH]c1=O. The van der Waals surface area contributed by atoms with Crippen molar-refractivity contribution >= 4 is 10.9 Å². The number of aromatic nitrogens is 5. The molecule has 2 aromatic heterocycles. The summed E-state index contributed by atoms with van der Waals surface area (Å²) in [7, 11) is 1.66. The van der Waals surface area contributed by atoms with Crippen LogP contribution in [0.1, 0.15) is 28.1 Å². The number of benzene rings is 2. The molecule has 0 aliphatic rings. The Balaban J connectivity index is 1.61. The monoisotopic (exact) mass is 446 g/mol. The van der Waals surface area contributed by atoms with Gasteiger partial charge in [0.2, 0.25) is 0 Å². The van der Waals surface area contributed by atoms with Gasteiger partial charge < -0.3 is 9.72 Å². The van der Waals surface area contributed by atoms with E-state index in [0.29, 0.717) is 26.2 Å². The average molecular weight is 447 g/mol. The number of rotatable bonds is 10. The Morgan fingerprint density at radius 1 is 1.09 bits per heavy atom. The van der Waals surface area contributed by atoms with Crippen LogP contribution < -0.4 is 5.56 Å². The maximum absolute atomic E-state index is 12.9. The molecule has 2 heterocycles. The number of pyridine rings is 1. The summed E-state index contributed by atoms with van der Waals surface area (Å²) in [6, 6.07) is 16.5. The van der Waals surface area contributed by atoms with Crippen molar-refractivity contribution in [1.29, 1.82) is 0 Å². The summed E-state index contributed by atoms with van der Waals surface area (Å²) in [6.07, 6.45) is 0.865. The smallest absolute Gasteiger partial charge is 0.252 e. The summed E-state index contributed by atoms with van der Waals surface area (Å²) < 4.78 is 6.94. The van der Waals surface area contributed by atoms with Crippen molar-refractivity contribution in [1.82, 2.24) is 30.1 Å². The third kappa shape index (κ3) is 5.71. The number of tetrazole rings is 1. The number of fused-ring (bicyclic) bond motifs is 1. The van der Waals surface area contributed by atoms with Gasteiger partial charge in [-0.2, -0.15) is 0 Å². The molecule has 172 valence electrons. The predicted octanol–water partition coefficient (Wildman–Crippen LogP) is 3.02. The van der Waals surface area contributed by atoms with E-state index >= 15 is 0 Å². The third-order valence-electron chi connectivity index (χ3n) is 5.82. The predicted molar refractivity (Wildman–Crippen MR) is 128 cm³/mol. The van der Waals surface area contributed by atoms with Gasteiger partial charge in [-0.05, 0) is 59.5 Å². The molecule has 0 saturated heterocycles. The molecule has 0 radical (unpaired) electrons. The normalized spacial score (nSPS) is 11.5. The van der Waals surface area contributed by atoms with Crippen molar-refractivity contribution < 1.29 is 4.74 Å². The van der Waals surface area contributed by atoms with Crippen LogP contribution in [0.2, 0.25) is 0 Å². The lowest BCUT2D eigenvalue weighted by Gasteiger charge is -2.22. The number of nitrogens with one attached hydrogen (secondary N) is 1. The molecule has 1 N–H and O–H groups in total. The fraction of sp³-hybridized carbons (Fsp3) is 0.360. The Morgan fingerprint density at radius 2 is 1.91 bits per heavy atom. The molecule has 0 unspecified atom stereocenters. The van der Waals surface area contributed by atoms with Crippen LogP contribution in [-0.2, 0) is 30.8 Å². The minimum Gasteiger partial charge on any atom is -0.383 e. The molecule has 0 saturated carbocycles. The van der Waals surface area contributed by atoms with Gasteiger partial charge in [-0.25, -0.2) is 4.68 Å². The van der Waals surface area contributed by atoms with Gasteiger partial charge >= 0.3 is 0 Å². The maximum atomic E-state index is 12.9. The number of H-pyrrole nitrogens is 1.